The van der Waals surface area contributed by atoms with E-state index >= 15 is 0 Å². The molecule has 2 amide bonds. The number of rotatable bonds is 4. The van der Waals surface area contributed by atoms with Gasteiger partial charge in [-0.3, -0.25) is 14.6 Å². The van der Waals surface area contributed by atoms with Gasteiger partial charge in [-0.2, -0.15) is 0 Å². The summed E-state index contributed by atoms with van der Waals surface area (Å²) in [5.74, 6) is -1.65. The summed E-state index contributed by atoms with van der Waals surface area (Å²) < 4.78 is 0. The molecule has 2 N–H and O–H groups in total. The van der Waals surface area contributed by atoms with Crippen LogP contribution in [0.15, 0.2) is 48.8 Å². The Balaban J connectivity index is 1.77. The van der Waals surface area contributed by atoms with E-state index in [1.807, 2.05) is 0 Å². The number of hydrogen-bond donors (Lipinski definition) is 2. The number of nitrogens with one attached hydrogen (secondary N) is 1. The molecule has 1 aromatic heterocycles. The Kier molecular flexibility index (Phi) is 5.26. The van der Waals surface area contributed by atoms with Crippen LogP contribution in [-0.2, 0) is 4.79 Å². The van der Waals surface area contributed by atoms with Crippen LogP contribution >= 0.6 is 0 Å². The second kappa shape index (κ2) is 7.77. The maximum Gasteiger partial charge on any atom is 0.326 e. The van der Waals surface area contributed by atoms with Gasteiger partial charge in [-0.25, -0.2) is 4.79 Å². The quantitative estimate of drug-likeness (QED) is 0.879. The monoisotopic (exact) mass is 353 g/mol. The van der Waals surface area contributed by atoms with E-state index in [-0.39, 0.29) is 11.8 Å². The summed E-state index contributed by atoms with van der Waals surface area (Å²) in [5.41, 5.74) is 1.22. The van der Waals surface area contributed by atoms with E-state index in [4.69, 9.17) is 0 Å². The fourth-order valence-corrected chi connectivity index (χ4v) is 3.03. The molecular weight excluding hydrogens is 334 g/mol. The van der Waals surface area contributed by atoms with Gasteiger partial charge in [-0.05, 0) is 49.6 Å². The van der Waals surface area contributed by atoms with Crippen molar-refractivity contribution >= 4 is 23.5 Å². The SMILES string of the molecule is O=C(Nc1cccc(C(=O)N2CCCCC2C(=O)O)c1)c1cccnc1. The number of amides is 2. The molecule has 0 bridgehead atoms. The van der Waals surface area contributed by atoms with Crippen molar-refractivity contribution in [2.75, 3.05) is 11.9 Å². The molecule has 1 fully saturated rings. The van der Waals surface area contributed by atoms with Crippen LogP contribution in [0.25, 0.3) is 0 Å². The third-order valence-corrected chi connectivity index (χ3v) is 4.34. The number of carboxylic acids is 1. The van der Waals surface area contributed by atoms with Crippen molar-refractivity contribution in [3.8, 4) is 0 Å². The van der Waals surface area contributed by atoms with Crippen LogP contribution in [0.2, 0.25) is 0 Å². The molecule has 3 rings (SSSR count). The van der Waals surface area contributed by atoms with Crippen molar-refractivity contribution < 1.29 is 19.5 Å². The molecule has 134 valence electrons. The highest BCUT2D eigenvalue weighted by atomic mass is 16.4. The van der Waals surface area contributed by atoms with Crippen molar-refractivity contribution in [3.63, 3.8) is 0 Å². The van der Waals surface area contributed by atoms with E-state index in [1.165, 1.54) is 11.1 Å². The van der Waals surface area contributed by atoms with Gasteiger partial charge in [0.05, 0.1) is 5.56 Å². The van der Waals surface area contributed by atoms with E-state index < -0.39 is 12.0 Å². The number of nitrogens with zero attached hydrogens (tertiary/aromatic N) is 2. The van der Waals surface area contributed by atoms with Crippen LogP contribution in [-0.4, -0.2) is 45.4 Å². The molecule has 7 heteroatoms. The number of likely N-dealkylation sites (tertiary alicyclic amines) is 1. The molecule has 1 unspecified atom stereocenters. The summed E-state index contributed by atoms with van der Waals surface area (Å²) in [6, 6.07) is 9.02. The van der Waals surface area contributed by atoms with Crippen LogP contribution in [0.3, 0.4) is 0 Å². The van der Waals surface area contributed by atoms with Crippen molar-refractivity contribution in [1.82, 2.24) is 9.88 Å². The first kappa shape index (κ1) is 17.6. The van der Waals surface area contributed by atoms with E-state index in [0.29, 0.717) is 29.8 Å². The largest absolute Gasteiger partial charge is 0.480 e. The van der Waals surface area contributed by atoms with Crippen LogP contribution in [0.1, 0.15) is 40.0 Å². The lowest BCUT2D eigenvalue weighted by molar-refractivity contribution is -0.143. The Morgan fingerprint density at radius 2 is 1.92 bits per heavy atom. The van der Waals surface area contributed by atoms with E-state index in [2.05, 4.69) is 10.3 Å². The Hall–Kier alpha value is -3.22. The van der Waals surface area contributed by atoms with Gasteiger partial charge in [0.15, 0.2) is 0 Å². The summed E-state index contributed by atoms with van der Waals surface area (Å²) in [5, 5.41) is 12.1. The topological polar surface area (TPSA) is 99.6 Å². The molecule has 26 heavy (non-hydrogen) atoms. The predicted molar refractivity (Wildman–Crippen MR) is 94.9 cm³/mol. The molecule has 0 spiro atoms. The minimum absolute atomic E-state index is 0.330. The van der Waals surface area contributed by atoms with Crippen LogP contribution < -0.4 is 5.32 Å². The summed E-state index contributed by atoms with van der Waals surface area (Å²) in [6.07, 6.45) is 5.07. The summed E-state index contributed by atoms with van der Waals surface area (Å²) in [4.78, 5) is 41.7. The average molecular weight is 353 g/mol. The van der Waals surface area contributed by atoms with Crippen molar-refractivity contribution in [2.24, 2.45) is 0 Å². The molecule has 1 atom stereocenters. The molecular formula is C19H19N3O4. The van der Waals surface area contributed by atoms with Crippen molar-refractivity contribution in [1.29, 1.82) is 0 Å². The predicted octanol–water partition coefficient (Wildman–Crippen LogP) is 2.41. The zero-order valence-electron chi connectivity index (χ0n) is 14.1. The molecule has 7 nitrogen and oxygen atoms in total. The number of pyridine rings is 1. The zero-order valence-corrected chi connectivity index (χ0v) is 14.1. The van der Waals surface area contributed by atoms with Gasteiger partial charge in [0, 0.05) is 30.2 Å². The average Bonchev–Trinajstić information content (AvgIpc) is 2.68. The fraction of sp³-hybridized carbons (Fsp3) is 0.263. The van der Waals surface area contributed by atoms with Gasteiger partial charge >= 0.3 is 5.97 Å². The molecule has 1 aliphatic heterocycles. The van der Waals surface area contributed by atoms with Gasteiger partial charge in [0.25, 0.3) is 11.8 Å². The number of aromatic nitrogens is 1. The number of carboxylic acid groups (broad SMARTS) is 1. The van der Waals surface area contributed by atoms with Gasteiger partial charge < -0.3 is 15.3 Å². The second-order valence-corrected chi connectivity index (χ2v) is 6.12. The normalized spacial score (nSPS) is 16.8. The smallest absolute Gasteiger partial charge is 0.326 e. The van der Waals surface area contributed by atoms with Crippen molar-refractivity contribution in [3.05, 3.63) is 59.9 Å². The minimum Gasteiger partial charge on any atom is -0.480 e. The molecule has 0 saturated carbocycles. The van der Waals surface area contributed by atoms with E-state index in [1.54, 1.807) is 42.6 Å². The molecule has 2 aromatic rings. The van der Waals surface area contributed by atoms with Crippen LogP contribution in [0.5, 0.6) is 0 Å². The number of aliphatic carboxylic acids is 1. The number of carbonyl (C=O) groups excluding carboxylic acids is 2. The number of hydrogen-bond acceptors (Lipinski definition) is 4. The maximum absolute atomic E-state index is 12.8. The third-order valence-electron chi connectivity index (χ3n) is 4.34. The van der Waals surface area contributed by atoms with Gasteiger partial charge in [-0.15, -0.1) is 0 Å². The van der Waals surface area contributed by atoms with E-state index in [0.717, 1.165) is 12.8 Å². The van der Waals surface area contributed by atoms with Crippen LogP contribution in [0, 0.1) is 0 Å². The number of anilines is 1. The Morgan fingerprint density at radius 1 is 1.12 bits per heavy atom. The van der Waals surface area contributed by atoms with Gasteiger partial charge in [0.1, 0.15) is 6.04 Å². The first-order valence-corrected chi connectivity index (χ1v) is 8.41. The fourth-order valence-electron chi connectivity index (χ4n) is 3.03. The highest BCUT2D eigenvalue weighted by Crippen LogP contribution is 2.21. The number of benzene rings is 1. The highest BCUT2D eigenvalue weighted by Gasteiger charge is 2.32. The number of carbonyl (C=O) groups is 3. The first-order valence-electron chi connectivity index (χ1n) is 8.41. The first-order chi connectivity index (χ1) is 12.6. The Labute approximate surface area is 150 Å². The summed E-state index contributed by atoms with van der Waals surface area (Å²) >= 11 is 0. The highest BCUT2D eigenvalue weighted by molar-refractivity contribution is 6.05. The van der Waals surface area contributed by atoms with Crippen molar-refractivity contribution in [2.45, 2.75) is 25.3 Å². The zero-order chi connectivity index (χ0) is 18.5. The summed E-state index contributed by atoms with van der Waals surface area (Å²) in [6.45, 7) is 0.419. The molecule has 2 heterocycles. The minimum atomic E-state index is -0.987. The van der Waals surface area contributed by atoms with Gasteiger partial charge in [0.2, 0.25) is 0 Å². The lowest BCUT2D eigenvalue weighted by atomic mass is 10.0. The molecule has 1 aliphatic rings. The summed E-state index contributed by atoms with van der Waals surface area (Å²) in [7, 11) is 0. The third kappa shape index (κ3) is 3.88. The molecule has 0 aliphatic carbocycles. The maximum atomic E-state index is 12.8. The van der Waals surface area contributed by atoms with Gasteiger partial charge in [-0.1, -0.05) is 6.07 Å². The lowest BCUT2D eigenvalue weighted by Crippen LogP contribution is -2.48. The standard InChI is InChI=1S/C19H19N3O4/c23-17(14-6-4-9-20-12-14)21-15-7-3-5-13(11-15)18(24)22-10-2-1-8-16(22)19(25)26/h3-7,9,11-12,16H,1-2,8,10H2,(H,21,23)(H,25,26). The van der Waals surface area contributed by atoms with Crippen LogP contribution in [0.4, 0.5) is 5.69 Å². The Morgan fingerprint density at radius 3 is 2.65 bits per heavy atom. The number of piperidine rings is 1. The second-order valence-electron chi connectivity index (χ2n) is 6.12. The van der Waals surface area contributed by atoms with E-state index in [9.17, 15) is 19.5 Å². The lowest BCUT2D eigenvalue weighted by Gasteiger charge is -2.33. The molecule has 1 aromatic carbocycles. The molecule has 1 saturated heterocycles. The Bertz CT molecular complexity index is 823. The molecule has 0 radical (unpaired) electrons.